The van der Waals surface area contributed by atoms with Gasteiger partial charge in [0.2, 0.25) is 5.91 Å². The van der Waals surface area contributed by atoms with Gasteiger partial charge in [-0.1, -0.05) is 25.1 Å². The molecule has 2 aromatic carbocycles. The Morgan fingerprint density at radius 2 is 1.84 bits per heavy atom. The number of aromatic nitrogens is 2. The number of hydrogen-bond acceptors (Lipinski definition) is 7. The highest BCUT2D eigenvalue weighted by molar-refractivity contribution is 7.99. The van der Waals surface area contributed by atoms with Crippen molar-refractivity contribution in [3.8, 4) is 11.1 Å². The summed E-state index contributed by atoms with van der Waals surface area (Å²) in [5.74, 6) is -0.376. The maximum absolute atomic E-state index is 15.4. The van der Waals surface area contributed by atoms with E-state index in [1.54, 1.807) is 34.2 Å². The number of halogens is 3. The van der Waals surface area contributed by atoms with Crippen LogP contribution in [0.25, 0.3) is 22.0 Å². The van der Waals surface area contributed by atoms with Crippen molar-refractivity contribution < 1.29 is 13.6 Å². The van der Waals surface area contributed by atoms with E-state index in [1.807, 2.05) is 6.92 Å². The molecule has 2 fully saturated rings. The summed E-state index contributed by atoms with van der Waals surface area (Å²) in [6.07, 6.45) is 1.31. The summed E-state index contributed by atoms with van der Waals surface area (Å²) in [4.78, 5) is 40.3. The van der Waals surface area contributed by atoms with Crippen LogP contribution in [-0.4, -0.2) is 101 Å². The van der Waals surface area contributed by atoms with Gasteiger partial charge in [-0.15, -0.1) is 11.8 Å². The zero-order valence-corrected chi connectivity index (χ0v) is 26.9. The van der Waals surface area contributed by atoms with Crippen LogP contribution in [0.5, 0.6) is 0 Å². The van der Waals surface area contributed by atoms with E-state index in [2.05, 4.69) is 33.2 Å². The molecule has 6 rings (SSSR count). The molecule has 4 heterocycles. The number of carbonyl (C=O) groups is 1. The molecule has 1 aromatic heterocycles. The summed E-state index contributed by atoms with van der Waals surface area (Å²) in [5, 5.41) is 1.01. The standard InChI is InChI=1S/C32H37ClF2N6O2S/c1-5-27(42)39-11-12-40(20(4)16-39)31-23-14-24(33)28(22-13-19(3)25(34)15-26(22)35)30-29(23)41(32(43)36-31)21(18-44-30)17-38-9-7-37(6-2)8-10-38/h5,13-15,20-21H,1,6-12,16-18H2,2-4H3/t20-,21-/m0/s1. The highest BCUT2D eigenvalue weighted by Crippen LogP contribution is 2.48. The first-order valence-corrected chi connectivity index (χ1v) is 16.5. The van der Waals surface area contributed by atoms with Crippen LogP contribution in [0.4, 0.5) is 14.6 Å². The molecule has 0 aliphatic carbocycles. The molecule has 0 bridgehead atoms. The van der Waals surface area contributed by atoms with E-state index in [4.69, 9.17) is 11.6 Å². The molecule has 44 heavy (non-hydrogen) atoms. The molecule has 0 spiro atoms. The Morgan fingerprint density at radius 3 is 2.52 bits per heavy atom. The lowest BCUT2D eigenvalue weighted by Gasteiger charge is -2.41. The Bertz CT molecular complexity index is 1690. The molecule has 8 nitrogen and oxygen atoms in total. The molecule has 3 aromatic rings. The molecule has 0 unspecified atom stereocenters. The lowest BCUT2D eigenvalue weighted by Crippen LogP contribution is -2.54. The molecule has 0 saturated carbocycles. The van der Waals surface area contributed by atoms with Crippen molar-refractivity contribution >= 4 is 46.0 Å². The second-order valence-electron chi connectivity index (χ2n) is 11.9. The highest BCUT2D eigenvalue weighted by Gasteiger charge is 2.34. The average Bonchev–Trinajstić information content (AvgIpc) is 3.01. The van der Waals surface area contributed by atoms with Crippen molar-refractivity contribution in [2.75, 3.05) is 69.6 Å². The second kappa shape index (κ2) is 12.4. The van der Waals surface area contributed by atoms with Crippen LogP contribution >= 0.6 is 23.4 Å². The number of aryl methyl sites for hydroxylation is 1. The van der Waals surface area contributed by atoms with E-state index in [9.17, 15) is 14.0 Å². The third kappa shape index (κ3) is 5.52. The summed E-state index contributed by atoms with van der Waals surface area (Å²) < 4.78 is 31.4. The van der Waals surface area contributed by atoms with Gasteiger partial charge in [0.05, 0.1) is 16.6 Å². The number of nitrogens with zero attached hydrogens (tertiary/aromatic N) is 6. The number of amides is 1. The molecule has 234 valence electrons. The molecule has 2 saturated heterocycles. The first-order valence-electron chi connectivity index (χ1n) is 15.1. The van der Waals surface area contributed by atoms with Crippen molar-refractivity contribution in [2.45, 2.75) is 37.8 Å². The van der Waals surface area contributed by atoms with Crippen molar-refractivity contribution in [3.05, 3.63) is 63.6 Å². The fourth-order valence-electron chi connectivity index (χ4n) is 6.70. The largest absolute Gasteiger partial charge is 0.350 e. The van der Waals surface area contributed by atoms with Crippen molar-refractivity contribution in [1.29, 1.82) is 0 Å². The number of anilines is 1. The SMILES string of the molecule is C=CC(=O)N1CCN(c2nc(=O)n3c4c(c(-c5cc(C)c(F)cc5F)c(Cl)cc24)SC[C@@H]3CN2CCN(CC)CC2)[C@@H](C)C1. The Labute approximate surface area is 265 Å². The molecule has 3 aliphatic heterocycles. The maximum Gasteiger partial charge on any atom is 0.350 e. The Hall–Kier alpha value is -2.99. The molecular weight excluding hydrogens is 606 g/mol. The Kier molecular flexibility index (Phi) is 8.76. The number of hydrogen-bond donors (Lipinski definition) is 0. The third-order valence-corrected chi connectivity index (χ3v) is 10.7. The Balaban J connectivity index is 1.51. The van der Waals surface area contributed by atoms with Crippen molar-refractivity contribution in [3.63, 3.8) is 0 Å². The zero-order valence-electron chi connectivity index (χ0n) is 25.3. The van der Waals surface area contributed by atoms with Gasteiger partial charge in [-0.2, -0.15) is 4.98 Å². The molecule has 2 atom stereocenters. The van der Waals surface area contributed by atoms with Crippen LogP contribution in [0.2, 0.25) is 5.02 Å². The maximum atomic E-state index is 15.4. The predicted molar refractivity (Wildman–Crippen MR) is 173 cm³/mol. The summed E-state index contributed by atoms with van der Waals surface area (Å²) in [7, 11) is 0. The number of benzene rings is 2. The van der Waals surface area contributed by atoms with E-state index in [1.165, 1.54) is 12.1 Å². The van der Waals surface area contributed by atoms with E-state index >= 15 is 4.39 Å². The third-order valence-electron chi connectivity index (χ3n) is 9.17. The van der Waals surface area contributed by atoms with Gasteiger partial charge in [0.1, 0.15) is 17.5 Å². The molecule has 1 amide bonds. The minimum atomic E-state index is -0.707. The lowest BCUT2D eigenvalue weighted by atomic mass is 9.99. The van der Waals surface area contributed by atoms with Gasteiger partial charge in [0.15, 0.2) is 0 Å². The fraction of sp³-hybridized carbons (Fsp3) is 0.469. The van der Waals surface area contributed by atoms with E-state index in [0.717, 1.165) is 38.8 Å². The summed E-state index contributed by atoms with van der Waals surface area (Å²) in [6, 6.07) is 3.87. The second-order valence-corrected chi connectivity index (χ2v) is 13.3. The van der Waals surface area contributed by atoms with E-state index in [-0.39, 0.29) is 29.2 Å². The number of thioether (sulfide) groups is 1. The lowest BCUT2D eigenvalue weighted by molar-refractivity contribution is -0.126. The van der Waals surface area contributed by atoms with Crippen LogP contribution < -0.4 is 10.6 Å². The summed E-state index contributed by atoms with van der Waals surface area (Å²) >= 11 is 8.53. The normalized spacial score (nSPS) is 21.2. The molecule has 3 aliphatic rings. The topological polar surface area (TPSA) is 64.9 Å². The van der Waals surface area contributed by atoms with Gasteiger partial charge in [0.25, 0.3) is 0 Å². The van der Waals surface area contributed by atoms with Crippen molar-refractivity contribution in [1.82, 2.24) is 24.3 Å². The van der Waals surface area contributed by atoms with Crippen LogP contribution in [0, 0.1) is 18.6 Å². The predicted octanol–water partition coefficient (Wildman–Crippen LogP) is 4.81. The van der Waals surface area contributed by atoms with E-state index in [0.29, 0.717) is 69.7 Å². The van der Waals surface area contributed by atoms with Gasteiger partial charge >= 0.3 is 5.69 Å². The minimum absolute atomic E-state index is 0.126. The quantitative estimate of drug-likeness (QED) is 0.358. The number of likely N-dealkylation sites (N-methyl/N-ethyl adjacent to an activating group) is 1. The smallest absolute Gasteiger partial charge is 0.350 e. The summed E-state index contributed by atoms with van der Waals surface area (Å²) in [5.41, 5.74) is 1.27. The molecule has 0 radical (unpaired) electrons. The van der Waals surface area contributed by atoms with Crippen LogP contribution in [0.15, 0.2) is 40.5 Å². The average molecular weight is 643 g/mol. The van der Waals surface area contributed by atoms with Gasteiger partial charge in [0, 0.05) is 91.6 Å². The highest BCUT2D eigenvalue weighted by atomic mass is 35.5. The van der Waals surface area contributed by atoms with Gasteiger partial charge < -0.3 is 14.7 Å². The fourth-order valence-corrected chi connectivity index (χ4v) is 8.38. The number of carbonyl (C=O) groups excluding carboxylic acids is 1. The number of piperazine rings is 2. The number of rotatable bonds is 6. The van der Waals surface area contributed by atoms with E-state index < -0.39 is 11.6 Å². The van der Waals surface area contributed by atoms with Crippen LogP contribution in [0.3, 0.4) is 0 Å². The van der Waals surface area contributed by atoms with Crippen LogP contribution in [-0.2, 0) is 4.79 Å². The zero-order chi connectivity index (χ0) is 31.3. The van der Waals surface area contributed by atoms with Gasteiger partial charge in [-0.3, -0.25) is 14.3 Å². The van der Waals surface area contributed by atoms with Gasteiger partial charge in [-0.25, -0.2) is 13.6 Å². The summed E-state index contributed by atoms with van der Waals surface area (Å²) in [6.45, 7) is 16.3. The van der Waals surface area contributed by atoms with Crippen molar-refractivity contribution in [2.24, 2.45) is 0 Å². The first-order chi connectivity index (χ1) is 21.1. The monoisotopic (exact) mass is 642 g/mol. The molecule has 0 N–H and O–H groups in total. The molecule has 12 heteroatoms. The first kappa shape index (κ1) is 31.0. The van der Waals surface area contributed by atoms with Gasteiger partial charge in [-0.05, 0) is 44.2 Å². The minimum Gasteiger partial charge on any atom is -0.350 e. The van der Waals surface area contributed by atoms with Crippen LogP contribution in [0.1, 0.15) is 25.5 Å². The molecular formula is C32H37ClF2N6O2S. The Morgan fingerprint density at radius 1 is 1.11 bits per heavy atom.